The van der Waals surface area contributed by atoms with Gasteiger partial charge < -0.3 is 10.5 Å². The van der Waals surface area contributed by atoms with Crippen molar-refractivity contribution >= 4 is 5.97 Å². The molecule has 100 valence electrons. The van der Waals surface area contributed by atoms with Gasteiger partial charge in [0.2, 0.25) is 0 Å². The van der Waals surface area contributed by atoms with Gasteiger partial charge in [0, 0.05) is 12.5 Å². The van der Waals surface area contributed by atoms with Crippen LogP contribution in [0.25, 0.3) is 0 Å². The average molecular weight is 249 g/mol. The predicted octanol–water partition coefficient (Wildman–Crippen LogP) is 2.94. The molecular weight excluding hydrogens is 226 g/mol. The Morgan fingerprint density at radius 3 is 2.28 bits per heavy atom. The highest BCUT2D eigenvalue weighted by atomic mass is 16.5. The van der Waals surface area contributed by atoms with Crippen molar-refractivity contribution in [1.82, 2.24) is 0 Å². The third-order valence-electron chi connectivity index (χ3n) is 3.09. The second-order valence-corrected chi connectivity index (χ2v) is 5.59. The number of carbonyl (C=O) groups excluding carboxylic acids is 1. The summed E-state index contributed by atoms with van der Waals surface area (Å²) in [6.45, 7) is 6.54. The molecule has 0 aromatic heterocycles. The summed E-state index contributed by atoms with van der Waals surface area (Å²) in [6, 6.07) is 8.18. The van der Waals surface area contributed by atoms with Crippen LogP contribution < -0.4 is 5.73 Å². The van der Waals surface area contributed by atoms with Crippen molar-refractivity contribution in [3.05, 3.63) is 35.4 Å². The number of ether oxygens (including phenoxy) is 1. The first kappa shape index (κ1) is 14.7. The molecule has 0 amide bonds. The standard InChI is InChI=1S/C15H23NO2/c1-15(2,3)12-7-5-11(6-8-12)13(16)9-10-14(17)18-4/h5-8,13H,9-10,16H2,1-4H3. The maximum Gasteiger partial charge on any atom is 0.305 e. The molecule has 0 saturated heterocycles. The first-order valence-electron chi connectivity index (χ1n) is 6.27. The van der Waals surface area contributed by atoms with Gasteiger partial charge in [0.1, 0.15) is 0 Å². The molecule has 3 nitrogen and oxygen atoms in total. The van der Waals surface area contributed by atoms with E-state index >= 15 is 0 Å². The zero-order chi connectivity index (χ0) is 13.8. The van der Waals surface area contributed by atoms with Gasteiger partial charge in [-0.15, -0.1) is 0 Å². The van der Waals surface area contributed by atoms with Crippen molar-refractivity contribution in [3.8, 4) is 0 Å². The third kappa shape index (κ3) is 4.15. The van der Waals surface area contributed by atoms with Gasteiger partial charge in [-0.3, -0.25) is 4.79 Å². The van der Waals surface area contributed by atoms with Crippen LogP contribution in [-0.4, -0.2) is 13.1 Å². The zero-order valence-corrected chi connectivity index (χ0v) is 11.7. The van der Waals surface area contributed by atoms with Crippen molar-refractivity contribution in [1.29, 1.82) is 0 Å². The van der Waals surface area contributed by atoms with Gasteiger partial charge in [0.05, 0.1) is 7.11 Å². The molecule has 18 heavy (non-hydrogen) atoms. The van der Waals surface area contributed by atoms with Gasteiger partial charge >= 0.3 is 5.97 Å². The topological polar surface area (TPSA) is 52.3 Å². The first-order valence-corrected chi connectivity index (χ1v) is 6.27. The molecular formula is C15H23NO2. The minimum atomic E-state index is -0.211. The number of hydrogen-bond donors (Lipinski definition) is 1. The molecule has 1 aromatic carbocycles. The Bertz CT molecular complexity index is 390. The fourth-order valence-electron chi connectivity index (χ4n) is 1.77. The highest BCUT2D eigenvalue weighted by Gasteiger charge is 2.14. The average Bonchev–Trinajstić information content (AvgIpc) is 2.34. The number of esters is 1. The number of benzene rings is 1. The lowest BCUT2D eigenvalue weighted by atomic mass is 9.86. The van der Waals surface area contributed by atoms with Gasteiger partial charge in [-0.1, -0.05) is 45.0 Å². The first-order chi connectivity index (χ1) is 8.34. The molecule has 3 heteroatoms. The third-order valence-corrected chi connectivity index (χ3v) is 3.09. The van der Waals surface area contributed by atoms with Crippen molar-refractivity contribution in [3.63, 3.8) is 0 Å². The van der Waals surface area contributed by atoms with Crippen LogP contribution in [0.1, 0.15) is 50.8 Å². The number of nitrogens with two attached hydrogens (primary N) is 1. The van der Waals surface area contributed by atoms with E-state index in [9.17, 15) is 4.79 Å². The van der Waals surface area contributed by atoms with E-state index in [2.05, 4.69) is 37.6 Å². The summed E-state index contributed by atoms with van der Waals surface area (Å²) in [5.74, 6) is -0.211. The van der Waals surface area contributed by atoms with E-state index < -0.39 is 0 Å². The van der Waals surface area contributed by atoms with Crippen LogP contribution in [0.3, 0.4) is 0 Å². The van der Waals surface area contributed by atoms with Crippen molar-refractivity contribution in [2.45, 2.75) is 45.1 Å². The monoisotopic (exact) mass is 249 g/mol. The Morgan fingerprint density at radius 1 is 1.28 bits per heavy atom. The van der Waals surface area contributed by atoms with Crippen molar-refractivity contribution in [2.24, 2.45) is 5.73 Å². The molecule has 1 atom stereocenters. The smallest absolute Gasteiger partial charge is 0.305 e. The van der Waals surface area contributed by atoms with E-state index in [4.69, 9.17) is 5.73 Å². The molecule has 0 heterocycles. The summed E-state index contributed by atoms with van der Waals surface area (Å²) in [5.41, 5.74) is 8.54. The van der Waals surface area contributed by atoms with Crippen LogP contribution in [0.15, 0.2) is 24.3 Å². The van der Waals surface area contributed by atoms with Crippen molar-refractivity contribution < 1.29 is 9.53 Å². The van der Waals surface area contributed by atoms with E-state index in [0.29, 0.717) is 12.8 Å². The lowest BCUT2D eigenvalue weighted by molar-refractivity contribution is -0.140. The Balaban J connectivity index is 2.65. The lowest BCUT2D eigenvalue weighted by Crippen LogP contribution is -2.14. The second-order valence-electron chi connectivity index (χ2n) is 5.59. The molecule has 0 aliphatic rings. The number of rotatable bonds is 4. The summed E-state index contributed by atoms with van der Waals surface area (Å²) < 4.78 is 4.61. The summed E-state index contributed by atoms with van der Waals surface area (Å²) in [6.07, 6.45) is 0.972. The number of hydrogen-bond acceptors (Lipinski definition) is 3. The van der Waals surface area contributed by atoms with Crippen LogP contribution in [0, 0.1) is 0 Å². The molecule has 1 unspecified atom stereocenters. The molecule has 0 aliphatic heterocycles. The minimum absolute atomic E-state index is 0.113. The van der Waals surface area contributed by atoms with Crippen LogP contribution in [0.5, 0.6) is 0 Å². The molecule has 0 saturated carbocycles. The second kappa shape index (κ2) is 6.01. The summed E-state index contributed by atoms with van der Waals surface area (Å²) >= 11 is 0. The molecule has 0 radical (unpaired) electrons. The largest absolute Gasteiger partial charge is 0.469 e. The van der Waals surface area contributed by atoms with E-state index in [0.717, 1.165) is 5.56 Å². The fraction of sp³-hybridized carbons (Fsp3) is 0.533. The van der Waals surface area contributed by atoms with Gasteiger partial charge in [-0.2, -0.15) is 0 Å². The van der Waals surface area contributed by atoms with Crippen LogP contribution in [0.4, 0.5) is 0 Å². The van der Waals surface area contributed by atoms with E-state index in [-0.39, 0.29) is 17.4 Å². The van der Waals surface area contributed by atoms with Gasteiger partial charge in [0.25, 0.3) is 0 Å². The molecule has 0 bridgehead atoms. The molecule has 0 spiro atoms. The summed E-state index contributed by atoms with van der Waals surface area (Å²) in [5, 5.41) is 0. The number of methoxy groups -OCH3 is 1. The Hall–Kier alpha value is -1.35. The highest BCUT2D eigenvalue weighted by molar-refractivity contribution is 5.69. The van der Waals surface area contributed by atoms with E-state index in [1.807, 2.05) is 12.1 Å². The maximum atomic E-state index is 11.1. The molecule has 1 aromatic rings. The molecule has 2 N–H and O–H groups in total. The van der Waals surface area contributed by atoms with Gasteiger partial charge in [-0.25, -0.2) is 0 Å². The number of carbonyl (C=O) groups is 1. The molecule has 1 rings (SSSR count). The van der Waals surface area contributed by atoms with Gasteiger partial charge in [0.15, 0.2) is 0 Å². The van der Waals surface area contributed by atoms with Crippen LogP contribution >= 0.6 is 0 Å². The normalized spacial score (nSPS) is 13.2. The Kier molecular flexibility index (Phi) is 4.91. The lowest BCUT2D eigenvalue weighted by Gasteiger charge is -2.20. The SMILES string of the molecule is COC(=O)CCC(N)c1ccc(C(C)(C)C)cc1. The zero-order valence-electron chi connectivity index (χ0n) is 11.7. The van der Waals surface area contributed by atoms with Crippen molar-refractivity contribution in [2.75, 3.05) is 7.11 Å². The Labute approximate surface area is 109 Å². The van der Waals surface area contributed by atoms with Crippen LogP contribution in [-0.2, 0) is 14.9 Å². The van der Waals surface area contributed by atoms with Crippen LogP contribution in [0.2, 0.25) is 0 Å². The Morgan fingerprint density at radius 2 is 1.83 bits per heavy atom. The highest BCUT2D eigenvalue weighted by Crippen LogP contribution is 2.24. The van der Waals surface area contributed by atoms with Gasteiger partial charge in [-0.05, 0) is 23.0 Å². The maximum absolute atomic E-state index is 11.1. The predicted molar refractivity (Wildman–Crippen MR) is 73.3 cm³/mol. The quantitative estimate of drug-likeness (QED) is 0.835. The summed E-state index contributed by atoms with van der Waals surface area (Å²) in [4.78, 5) is 11.1. The van der Waals surface area contributed by atoms with E-state index in [1.165, 1.54) is 12.7 Å². The molecule has 0 aliphatic carbocycles. The molecule has 0 fully saturated rings. The summed E-state index contributed by atoms with van der Waals surface area (Å²) in [7, 11) is 1.39. The minimum Gasteiger partial charge on any atom is -0.469 e. The van der Waals surface area contributed by atoms with E-state index in [1.54, 1.807) is 0 Å². The fourth-order valence-corrected chi connectivity index (χ4v) is 1.77.